The van der Waals surface area contributed by atoms with E-state index in [1.165, 1.54) is 0 Å². The summed E-state index contributed by atoms with van der Waals surface area (Å²) in [5.41, 5.74) is 2.85. The van der Waals surface area contributed by atoms with Crippen molar-refractivity contribution in [2.75, 3.05) is 26.2 Å². The van der Waals surface area contributed by atoms with E-state index in [0.717, 1.165) is 47.8 Å². The number of nitrogens with zero attached hydrogens (tertiary/aromatic N) is 3. The molecule has 0 aliphatic rings. The number of benzene rings is 1. The average molecular weight is 310 g/mol. The van der Waals surface area contributed by atoms with Crippen LogP contribution in [-0.4, -0.2) is 46.1 Å². The van der Waals surface area contributed by atoms with Gasteiger partial charge in [-0.25, -0.2) is 4.98 Å². The standard InChI is InChI=1S/C18H22N4O/c1-3-22(4-2)11-12-23-17-9-10-19-13-14(17)18-20-15-7-5-6-8-16(15)21-18/h5-10,13H,3-4,11-12H2,1-2H3,(H,20,21). The number of nitrogens with one attached hydrogen (secondary N) is 1. The molecule has 0 aliphatic carbocycles. The first kappa shape index (κ1) is 15.5. The highest BCUT2D eigenvalue weighted by molar-refractivity contribution is 5.80. The molecule has 5 nitrogen and oxygen atoms in total. The minimum absolute atomic E-state index is 0.652. The molecular weight excluding hydrogens is 288 g/mol. The van der Waals surface area contributed by atoms with Crippen LogP contribution in [0.3, 0.4) is 0 Å². The number of fused-ring (bicyclic) bond motifs is 1. The molecule has 120 valence electrons. The van der Waals surface area contributed by atoms with E-state index in [2.05, 4.69) is 33.7 Å². The number of aromatic nitrogens is 3. The number of H-pyrrole nitrogens is 1. The number of imidazole rings is 1. The van der Waals surface area contributed by atoms with Crippen molar-refractivity contribution in [3.63, 3.8) is 0 Å². The minimum atomic E-state index is 0.652. The van der Waals surface area contributed by atoms with E-state index in [1.54, 1.807) is 12.4 Å². The summed E-state index contributed by atoms with van der Waals surface area (Å²) in [5, 5.41) is 0. The molecule has 0 unspecified atom stereocenters. The van der Waals surface area contributed by atoms with Gasteiger partial charge in [0.2, 0.25) is 0 Å². The molecule has 0 atom stereocenters. The van der Waals surface area contributed by atoms with Crippen LogP contribution in [0.25, 0.3) is 22.4 Å². The minimum Gasteiger partial charge on any atom is -0.491 e. The van der Waals surface area contributed by atoms with Gasteiger partial charge in [0.1, 0.15) is 18.2 Å². The maximum Gasteiger partial charge on any atom is 0.143 e. The van der Waals surface area contributed by atoms with E-state index < -0.39 is 0 Å². The molecule has 1 aromatic carbocycles. The van der Waals surface area contributed by atoms with Gasteiger partial charge in [-0.15, -0.1) is 0 Å². The first-order valence-electron chi connectivity index (χ1n) is 8.06. The summed E-state index contributed by atoms with van der Waals surface area (Å²) in [6.45, 7) is 7.96. The number of likely N-dealkylation sites (N-methyl/N-ethyl adjacent to an activating group) is 1. The second kappa shape index (κ2) is 7.24. The van der Waals surface area contributed by atoms with Gasteiger partial charge in [-0.3, -0.25) is 4.98 Å². The quantitative estimate of drug-likeness (QED) is 0.727. The highest BCUT2D eigenvalue weighted by Crippen LogP contribution is 2.28. The highest BCUT2D eigenvalue weighted by Gasteiger charge is 2.11. The van der Waals surface area contributed by atoms with Crippen LogP contribution < -0.4 is 4.74 Å². The maximum absolute atomic E-state index is 5.98. The fourth-order valence-corrected chi connectivity index (χ4v) is 2.59. The van der Waals surface area contributed by atoms with Crippen LogP contribution in [0.15, 0.2) is 42.7 Å². The van der Waals surface area contributed by atoms with E-state index in [-0.39, 0.29) is 0 Å². The predicted octanol–water partition coefficient (Wildman–Crippen LogP) is 3.35. The van der Waals surface area contributed by atoms with Gasteiger partial charge in [-0.1, -0.05) is 26.0 Å². The molecule has 1 N–H and O–H groups in total. The molecule has 2 aromatic heterocycles. The first-order chi connectivity index (χ1) is 11.3. The van der Waals surface area contributed by atoms with Crippen molar-refractivity contribution in [1.29, 1.82) is 0 Å². The van der Waals surface area contributed by atoms with E-state index in [4.69, 9.17) is 4.74 Å². The number of pyridine rings is 1. The van der Waals surface area contributed by atoms with E-state index in [1.807, 2.05) is 30.3 Å². The third kappa shape index (κ3) is 3.51. The van der Waals surface area contributed by atoms with Crippen LogP contribution in [0.1, 0.15) is 13.8 Å². The third-order valence-electron chi connectivity index (χ3n) is 3.99. The molecule has 0 saturated carbocycles. The molecular formula is C18H22N4O. The molecule has 0 spiro atoms. The fraction of sp³-hybridized carbons (Fsp3) is 0.333. The number of hydrogen-bond acceptors (Lipinski definition) is 4. The summed E-state index contributed by atoms with van der Waals surface area (Å²) in [5.74, 6) is 1.60. The Morgan fingerprint density at radius 3 is 2.74 bits per heavy atom. The summed E-state index contributed by atoms with van der Waals surface area (Å²) >= 11 is 0. The lowest BCUT2D eigenvalue weighted by atomic mass is 10.2. The lowest BCUT2D eigenvalue weighted by Crippen LogP contribution is -2.28. The van der Waals surface area contributed by atoms with E-state index in [0.29, 0.717) is 6.61 Å². The summed E-state index contributed by atoms with van der Waals surface area (Å²) in [4.78, 5) is 14.5. The Morgan fingerprint density at radius 1 is 1.13 bits per heavy atom. The maximum atomic E-state index is 5.98. The van der Waals surface area contributed by atoms with Crippen LogP contribution in [0, 0.1) is 0 Å². The van der Waals surface area contributed by atoms with Gasteiger partial charge >= 0.3 is 0 Å². The zero-order chi connectivity index (χ0) is 16.1. The molecule has 0 bridgehead atoms. The lowest BCUT2D eigenvalue weighted by Gasteiger charge is -2.18. The van der Waals surface area contributed by atoms with Gasteiger partial charge in [0.25, 0.3) is 0 Å². The van der Waals surface area contributed by atoms with Crippen molar-refractivity contribution in [2.45, 2.75) is 13.8 Å². The van der Waals surface area contributed by atoms with E-state index in [9.17, 15) is 0 Å². The highest BCUT2D eigenvalue weighted by atomic mass is 16.5. The second-order valence-electron chi connectivity index (χ2n) is 5.35. The molecule has 0 radical (unpaired) electrons. The Morgan fingerprint density at radius 2 is 1.96 bits per heavy atom. The van der Waals surface area contributed by atoms with Gasteiger partial charge in [0.15, 0.2) is 0 Å². The lowest BCUT2D eigenvalue weighted by molar-refractivity contribution is 0.223. The van der Waals surface area contributed by atoms with Gasteiger partial charge in [0, 0.05) is 18.9 Å². The monoisotopic (exact) mass is 310 g/mol. The number of ether oxygens (including phenoxy) is 1. The predicted molar refractivity (Wildman–Crippen MR) is 92.6 cm³/mol. The molecule has 0 amide bonds. The Bertz CT molecular complexity index is 731. The Balaban J connectivity index is 1.80. The summed E-state index contributed by atoms with van der Waals surface area (Å²) in [6.07, 6.45) is 3.54. The van der Waals surface area contributed by atoms with Crippen LogP contribution in [0.5, 0.6) is 5.75 Å². The van der Waals surface area contributed by atoms with Gasteiger partial charge < -0.3 is 14.6 Å². The number of rotatable bonds is 7. The molecule has 3 aromatic rings. The molecule has 0 saturated heterocycles. The molecule has 5 heteroatoms. The number of aromatic amines is 1. The smallest absolute Gasteiger partial charge is 0.143 e. The van der Waals surface area contributed by atoms with Gasteiger partial charge in [-0.2, -0.15) is 0 Å². The van der Waals surface area contributed by atoms with Crippen molar-refractivity contribution >= 4 is 11.0 Å². The van der Waals surface area contributed by atoms with Crippen molar-refractivity contribution in [2.24, 2.45) is 0 Å². The number of hydrogen-bond donors (Lipinski definition) is 1. The molecule has 3 rings (SSSR count). The summed E-state index contributed by atoms with van der Waals surface area (Å²) < 4.78 is 5.98. The molecule has 0 aliphatic heterocycles. The van der Waals surface area contributed by atoms with Crippen molar-refractivity contribution < 1.29 is 4.74 Å². The SMILES string of the molecule is CCN(CC)CCOc1ccncc1-c1nc2ccccc2[nH]1. The fourth-order valence-electron chi connectivity index (χ4n) is 2.59. The first-order valence-corrected chi connectivity index (χ1v) is 8.06. The topological polar surface area (TPSA) is 54.0 Å². The molecule has 0 fully saturated rings. The van der Waals surface area contributed by atoms with E-state index >= 15 is 0 Å². The summed E-state index contributed by atoms with van der Waals surface area (Å²) in [7, 11) is 0. The normalized spacial score (nSPS) is 11.3. The largest absolute Gasteiger partial charge is 0.491 e. The van der Waals surface area contributed by atoms with Crippen LogP contribution in [0.2, 0.25) is 0 Å². The van der Waals surface area contributed by atoms with Gasteiger partial charge in [-0.05, 0) is 31.3 Å². The summed E-state index contributed by atoms with van der Waals surface area (Å²) in [6, 6.07) is 9.88. The Kier molecular flexibility index (Phi) is 4.88. The van der Waals surface area contributed by atoms with Crippen LogP contribution >= 0.6 is 0 Å². The van der Waals surface area contributed by atoms with Crippen molar-refractivity contribution in [3.8, 4) is 17.1 Å². The zero-order valence-corrected chi connectivity index (χ0v) is 13.6. The number of para-hydroxylation sites is 2. The van der Waals surface area contributed by atoms with Crippen LogP contribution in [-0.2, 0) is 0 Å². The Labute approximate surface area is 136 Å². The third-order valence-corrected chi connectivity index (χ3v) is 3.99. The molecule has 23 heavy (non-hydrogen) atoms. The van der Waals surface area contributed by atoms with Crippen molar-refractivity contribution in [3.05, 3.63) is 42.7 Å². The zero-order valence-electron chi connectivity index (χ0n) is 13.6. The second-order valence-corrected chi connectivity index (χ2v) is 5.35. The average Bonchev–Trinajstić information content (AvgIpc) is 3.03. The Hall–Kier alpha value is -2.40. The molecule has 2 heterocycles. The van der Waals surface area contributed by atoms with Crippen LogP contribution in [0.4, 0.5) is 0 Å². The van der Waals surface area contributed by atoms with Gasteiger partial charge in [0.05, 0.1) is 16.6 Å². The van der Waals surface area contributed by atoms with Crippen molar-refractivity contribution in [1.82, 2.24) is 19.9 Å².